The van der Waals surface area contributed by atoms with E-state index in [-0.39, 0.29) is 11.9 Å². The third-order valence-corrected chi connectivity index (χ3v) is 4.05. The van der Waals surface area contributed by atoms with E-state index in [1.165, 1.54) is 17.7 Å². The van der Waals surface area contributed by atoms with E-state index in [2.05, 4.69) is 40.0 Å². The van der Waals surface area contributed by atoms with E-state index in [0.717, 1.165) is 18.5 Å². The summed E-state index contributed by atoms with van der Waals surface area (Å²) in [6.45, 7) is 1.93. The number of amides is 3. The van der Waals surface area contributed by atoms with E-state index in [1.807, 2.05) is 6.07 Å². The first-order valence-electron chi connectivity index (χ1n) is 7.28. The number of carbonyl (C=O) groups excluding carboxylic acids is 2. The van der Waals surface area contributed by atoms with Crippen LogP contribution in [0.5, 0.6) is 0 Å². The number of rotatable bonds is 3. The summed E-state index contributed by atoms with van der Waals surface area (Å²) in [6, 6.07) is 5.58. The molecular formula is C15H20N4O2. The third kappa shape index (κ3) is 2.94. The molecule has 2 aliphatic heterocycles. The molecule has 1 atom stereocenters. The van der Waals surface area contributed by atoms with E-state index >= 15 is 0 Å². The zero-order valence-electron chi connectivity index (χ0n) is 12.1. The Morgan fingerprint density at radius 1 is 1.48 bits per heavy atom. The highest BCUT2D eigenvalue weighted by molar-refractivity contribution is 5.90. The Morgan fingerprint density at radius 2 is 2.33 bits per heavy atom. The van der Waals surface area contributed by atoms with Crippen LogP contribution in [-0.4, -0.2) is 38.1 Å². The summed E-state index contributed by atoms with van der Waals surface area (Å²) in [4.78, 5) is 25.2. The van der Waals surface area contributed by atoms with E-state index in [4.69, 9.17) is 0 Å². The van der Waals surface area contributed by atoms with Gasteiger partial charge in [0.2, 0.25) is 5.91 Å². The zero-order valence-corrected chi connectivity index (χ0v) is 12.1. The van der Waals surface area contributed by atoms with Crippen LogP contribution in [0, 0.1) is 0 Å². The molecule has 1 aromatic carbocycles. The maximum absolute atomic E-state index is 11.9. The van der Waals surface area contributed by atoms with Crippen molar-refractivity contribution in [1.29, 1.82) is 0 Å². The second-order valence-corrected chi connectivity index (χ2v) is 5.61. The molecule has 1 saturated heterocycles. The van der Waals surface area contributed by atoms with E-state index in [0.29, 0.717) is 13.1 Å². The summed E-state index contributed by atoms with van der Waals surface area (Å²) in [5.41, 5.74) is 3.71. The van der Waals surface area contributed by atoms with Crippen molar-refractivity contribution in [3.8, 4) is 0 Å². The maximum Gasteiger partial charge on any atom is 0.315 e. The lowest BCUT2D eigenvalue weighted by Crippen LogP contribution is -2.42. The van der Waals surface area contributed by atoms with Crippen LogP contribution in [0.1, 0.15) is 17.5 Å². The second-order valence-electron chi connectivity index (χ2n) is 5.61. The molecule has 0 radical (unpaired) electrons. The van der Waals surface area contributed by atoms with Crippen molar-refractivity contribution in [3.63, 3.8) is 0 Å². The van der Waals surface area contributed by atoms with Gasteiger partial charge in [-0.2, -0.15) is 0 Å². The molecule has 3 amide bonds. The number of carbonyl (C=O) groups is 2. The van der Waals surface area contributed by atoms with Gasteiger partial charge < -0.3 is 20.9 Å². The van der Waals surface area contributed by atoms with Gasteiger partial charge in [0.15, 0.2) is 0 Å². The summed E-state index contributed by atoms with van der Waals surface area (Å²) in [5.74, 6) is -0.150. The van der Waals surface area contributed by atoms with Gasteiger partial charge in [-0.25, -0.2) is 4.79 Å². The fraction of sp³-hybridized carbons (Fsp3) is 0.467. The van der Waals surface area contributed by atoms with Crippen molar-refractivity contribution >= 4 is 17.6 Å². The minimum absolute atomic E-state index is 0.150. The molecule has 3 N–H and O–H groups in total. The lowest BCUT2D eigenvalue weighted by molar-refractivity contribution is -0.122. The van der Waals surface area contributed by atoms with Crippen LogP contribution in [0.3, 0.4) is 0 Å². The zero-order chi connectivity index (χ0) is 14.8. The molecule has 1 unspecified atom stereocenters. The Balaban J connectivity index is 1.61. The quantitative estimate of drug-likeness (QED) is 0.752. The van der Waals surface area contributed by atoms with Crippen molar-refractivity contribution in [1.82, 2.24) is 16.0 Å². The van der Waals surface area contributed by atoms with Crippen molar-refractivity contribution in [3.05, 3.63) is 29.3 Å². The Labute approximate surface area is 123 Å². The molecule has 1 aromatic rings. The van der Waals surface area contributed by atoms with Crippen LogP contribution in [-0.2, 0) is 17.8 Å². The molecular weight excluding hydrogens is 268 g/mol. The summed E-state index contributed by atoms with van der Waals surface area (Å²) in [7, 11) is 2.11. The van der Waals surface area contributed by atoms with Gasteiger partial charge in [-0.15, -0.1) is 0 Å². The van der Waals surface area contributed by atoms with Gasteiger partial charge >= 0.3 is 6.03 Å². The van der Waals surface area contributed by atoms with Crippen LogP contribution in [0.2, 0.25) is 0 Å². The standard InChI is InChI=1S/C15H20N4O2/c1-19-6-2-3-11-7-10(4-5-13(11)19)8-16-14(20)12-9-17-15(21)18-12/h4-5,7,12H,2-3,6,8-9H2,1H3,(H,16,20)(H2,17,18,21). The minimum Gasteiger partial charge on any atom is -0.374 e. The first kappa shape index (κ1) is 13.7. The SMILES string of the molecule is CN1CCCc2cc(CNC(=O)C3CNC(=O)N3)ccc21. The molecule has 6 nitrogen and oxygen atoms in total. The number of nitrogens with one attached hydrogen (secondary N) is 3. The first-order valence-corrected chi connectivity index (χ1v) is 7.28. The van der Waals surface area contributed by atoms with E-state index < -0.39 is 6.04 Å². The van der Waals surface area contributed by atoms with Crippen molar-refractivity contribution in [2.24, 2.45) is 0 Å². The van der Waals surface area contributed by atoms with Crippen molar-refractivity contribution < 1.29 is 9.59 Å². The molecule has 3 rings (SSSR count). The summed E-state index contributed by atoms with van der Waals surface area (Å²) in [5, 5.41) is 8.03. The topological polar surface area (TPSA) is 73.5 Å². The Morgan fingerprint density at radius 3 is 3.10 bits per heavy atom. The largest absolute Gasteiger partial charge is 0.374 e. The first-order chi connectivity index (χ1) is 10.1. The van der Waals surface area contributed by atoms with Gasteiger partial charge in [-0.3, -0.25) is 4.79 Å². The third-order valence-electron chi connectivity index (χ3n) is 4.05. The van der Waals surface area contributed by atoms with Gasteiger partial charge in [0.1, 0.15) is 6.04 Å². The van der Waals surface area contributed by atoms with E-state index in [1.54, 1.807) is 0 Å². The van der Waals surface area contributed by atoms with Crippen LogP contribution >= 0.6 is 0 Å². The summed E-state index contributed by atoms with van der Waals surface area (Å²) < 4.78 is 0. The number of urea groups is 1. The highest BCUT2D eigenvalue weighted by Crippen LogP contribution is 2.26. The average Bonchev–Trinajstić information content (AvgIpc) is 2.91. The van der Waals surface area contributed by atoms with Crippen molar-refractivity contribution in [2.75, 3.05) is 25.0 Å². The monoisotopic (exact) mass is 288 g/mol. The van der Waals surface area contributed by atoms with Crippen molar-refractivity contribution in [2.45, 2.75) is 25.4 Å². The molecule has 0 spiro atoms. The molecule has 1 fully saturated rings. The van der Waals surface area contributed by atoms with Gasteiger partial charge in [0, 0.05) is 32.4 Å². The molecule has 0 bridgehead atoms. The van der Waals surface area contributed by atoms with Gasteiger partial charge in [-0.1, -0.05) is 12.1 Å². The highest BCUT2D eigenvalue weighted by atomic mass is 16.2. The molecule has 2 aliphatic rings. The maximum atomic E-state index is 11.9. The smallest absolute Gasteiger partial charge is 0.315 e. The fourth-order valence-electron chi connectivity index (χ4n) is 2.87. The second kappa shape index (κ2) is 5.63. The molecule has 112 valence electrons. The predicted octanol–water partition coefficient (Wildman–Crippen LogP) is 0.367. The number of benzene rings is 1. The normalized spacial score (nSPS) is 20.5. The van der Waals surface area contributed by atoms with Crippen LogP contribution in [0.4, 0.5) is 10.5 Å². The van der Waals surface area contributed by atoms with Crippen LogP contribution in [0.15, 0.2) is 18.2 Å². The summed E-state index contributed by atoms with van der Waals surface area (Å²) >= 11 is 0. The lowest BCUT2D eigenvalue weighted by atomic mass is 9.99. The molecule has 2 heterocycles. The number of nitrogens with zero attached hydrogens (tertiary/aromatic N) is 1. The predicted molar refractivity (Wildman–Crippen MR) is 80.2 cm³/mol. The minimum atomic E-state index is -0.471. The number of hydrogen-bond donors (Lipinski definition) is 3. The Kier molecular flexibility index (Phi) is 3.68. The average molecular weight is 288 g/mol. The van der Waals surface area contributed by atoms with Gasteiger partial charge in [-0.05, 0) is 30.0 Å². The molecule has 0 aliphatic carbocycles. The number of hydrogen-bond acceptors (Lipinski definition) is 3. The van der Waals surface area contributed by atoms with Crippen LogP contribution in [0.25, 0.3) is 0 Å². The number of fused-ring (bicyclic) bond motifs is 1. The Hall–Kier alpha value is -2.24. The van der Waals surface area contributed by atoms with Gasteiger partial charge in [0.05, 0.1) is 0 Å². The van der Waals surface area contributed by atoms with Gasteiger partial charge in [0.25, 0.3) is 0 Å². The number of anilines is 1. The fourth-order valence-corrected chi connectivity index (χ4v) is 2.87. The van der Waals surface area contributed by atoms with Crippen LogP contribution < -0.4 is 20.9 Å². The lowest BCUT2D eigenvalue weighted by Gasteiger charge is -2.27. The highest BCUT2D eigenvalue weighted by Gasteiger charge is 2.26. The molecule has 0 saturated carbocycles. The molecule has 6 heteroatoms. The molecule has 0 aromatic heterocycles. The summed E-state index contributed by atoms with van der Waals surface area (Å²) in [6.07, 6.45) is 2.25. The Bertz CT molecular complexity index is 573. The van der Waals surface area contributed by atoms with E-state index in [9.17, 15) is 9.59 Å². The molecule has 21 heavy (non-hydrogen) atoms. The number of aryl methyl sites for hydroxylation is 1.